The molecular formula is C27H16F5N3O2S. The lowest BCUT2D eigenvalue weighted by Crippen LogP contribution is -2.04. The van der Waals surface area contributed by atoms with Gasteiger partial charge in [-0.3, -0.25) is 0 Å². The van der Waals surface area contributed by atoms with Crippen LogP contribution in [0.4, 0.5) is 22.0 Å². The molecular weight excluding hydrogens is 525 g/mol. The Morgan fingerprint density at radius 1 is 0.842 bits per heavy atom. The van der Waals surface area contributed by atoms with Crippen molar-refractivity contribution in [2.75, 3.05) is 0 Å². The molecule has 0 atom stereocenters. The molecule has 0 spiro atoms. The molecule has 2 heterocycles. The second-order valence-electron chi connectivity index (χ2n) is 7.93. The summed E-state index contributed by atoms with van der Waals surface area (Å²) in [5.41, 5.74) is 2.64. The third-order valence-electron chi connectivity index (χ3n) is 5.42. The maximum Gasteiger partial charge on any atom is 0.416 e. The van der Waals surface area contributed by atoms with E-state index in [1.165, 1.54) is 52.4 Å². The van der Waals surface area contributed by atoms with E-state index in [9.17, 15) is 22.0 Å². The highest BCUT2D eigenvalue weighted by Gasteiger charge is 2.30. The van der Waals surface area contributed by atoms with Crippen LogP contribution in [0.15, 0.2) is 79.0 Å². The van der Waals surface area contributed by atoms with Crippen LogP contribution in [0.5, 0.6) is 0 Å². The maximum atomic E-state index is 14.0. The molecule has 5 aromatic rings. The molecule has 0 radical (unpaired) electrons. The van der Waals surface area contributed by atoms with E-state index in [-0.39, 0.29) is 12.0 Å². The molecule has 0 fully saturated rings. The second kappa shape index (κ2) is 10.9. The highest BCUT2D eigenvalue weighted by atomic mass is 32.1. The lowest BCUT2D eigenvalue weighted by Gasteiger charge is -2.08. The molecule has 2 aromatic heterocycles. The quantitative estimate of drug-likeness (QED) is 0.223. The molecule has 11 heteroatoms. The molecule has 0 saturated heterocycles. The van der Waals surface area contributed by atoms with E-state index < -0.39 is 17.6 Å². The first-order chi connectivity index (χ1) is 18.1. The summed E-state index contributed by atoms with van der Waals surface area (Å²) >= 11 is 1.23. The van der Waals surface area contributed by atoms with E-state index in [1.54, 1.807) is 37.4 Å². The van der Waals surface area contributed by atoms with Crippen molar-refractivity contribution in [3.63, 3.8) is 0 Å². The Bertz CT molecular complexity index is 1620. The predicted octanol–water partition coefficient (Wildman–Crippen LogP) is 7.35. The van der Waals surface area contributed by atoms with Gasteiger partial charge in [0.15, 0.2) is 0 Å². The summed E-state index contributed by atoms with van der Waals surface area (Å²) in [6.45, 7) is 1.79. The third kappa shape index (κ3) is 5.74. The van der Waals surface area contributed by atoms with Gasteiger partial charge in [-0.15, -0.1) is 0 Å². The summed E-state index contributed by atoms with van der Waals surface area (Å²) in [6, 6.07) is 16.7. The summed E-state index contributed by atoms with van der Waals surface area (Å²) in [5.74, 6) is -0.818. The van der Waals surface area contributed by atoms with Crippen molar-refractivity contribution in [1.82, 2.24) is 14.8 Å². The van der Waals surface area contributed by atoms with Gasteiger partial charge >= 0.3 is 12.3 Å². The minimum absolute atomic E-state index is 0.250. The van der Waals surface area contributed by atoms with E-state index in [0.717, 1.165) is 12.1 Å². The van der Waals surface area contributed by atoms with Crippen molar-refractivity contribution >= 4 is 17.5 Å². The van der Waals surface area contributed by atoms with Crippen LogP contribution in [-0.2, 0) is 15.8 Å². The zero-order valence-electron chi connectivity index (χ0n) is 19.5. The zero-order chi connectivity index (χ0) is 27.4. The summed E-state index contributed by atoms with van der Waals surface area (Å²) in [5, 5.41) is 4.95. The Hall–Kier alpha value is -4.47. The van der Waals surface area contributed by atoms with Gasteiger partial charge in [0.25, 0.3) is 0 Å². The number of nitrogens with zero attached hydrogens (tertiary/aromatic N) is 3. The summed E-state index contributed by atoms with van der Waals surface area (Å²) < 4.78 is 68.4. The van der Waals surface area contributed by atoms with Crippen LogP contribution in [0.25, 0.3) is 38.0 Å². The summed E-state index contributed by atoms with van der Waals surface area (Å²) in [7, 11) is 0. The molecule has 3 aromatic carbocycles. The van der Waals surface area contributed by atoms with Crippen molar-refractivity contribution < 1.29 is 31.5 Å². The first kappa shape index (κ1) is 26.6. The van der Waals surface area contributed by atoms with E-state index in [1.807, 2.05) is 0 Å². The summed E-state index contributed by atoms with van der Waals surface area (Å²) in [6.07, 6.45) is -2.49. The SMILES string of the molecule is Cc1nn(-c2nc(-c3ccc(C(F)(F)F)cc3)c(-c3cccc(F)c3)s2)cc1-c1cccc(F)c1.O=C=O. The minimum atomic E-state index is -4.46. The van der Waals surface area contributed by atoms with Crippen LogP contribution in [0.2, 0.25) is 0 Å². The number of thiazole rings is 1. The van der Waals surface area contributed by atoms with Crippen LogP contribution in [0.3, 0.4) is 0 Å². The molecule has 0 saturated carbocycles. The van der Waals surface area contributed by atoms with Crippen LogP contribution in [0, 0.1) is 18.6 Å². The van der Waals surface area contributed by atoms with Crippen molar-refractivity contribution in [3.8, 4) is 38.0 Å². The third-order valence-corrected chi connectivity index (χ3v) is 6.51. The minimum Gasteiger partial charge on any atom is -0.218 e. The van der Waals surface area contributed by atoms with E-state index in [4.69, 9.17) is 9.59 Å². The Morgan fingerprint density at radius 3 is 2.00 bits per heavy atom. The van der Waals surface area contributed by atoms with Crippen molar-refractivity contribution in [3.05, 3.63) is 102 Å². The van der Waals surface area contributed by atoms with Crippen molar-refractivity contribution in [2.24, 2.45) is 0 Å². The Kier molecular flexibility index (Phi) is 7.61. The monoisotopic (exact) mass is 541 g/mol. The number of rotatable bonds is 4. The molecule has 0 aliphatic carbocycles. The first-order valence-electron chi connectivity index (χ1n) is 10.9. The van der Waals surface area contributed by atoms with Gasteiger partial charge in [-0.1, -0.05) is 47.7 Å². The van der Waals surface area contributed by atoms with Gasteiger partial charge in [-0.05, 0) is 54.4 Å². The Balaban J connectivity index is 0.00000107. The lowest BCUT2D eigenvalue weighted by molar-refractivity contribution is -0.191. The number of carbonyl (C=O) groups excluding carboxylic acids is 2. The molecule has 5 nitrogen and oxygen atoms in total. The highest BCUT2D eigenvalue weighted by Crippen LogP contribution is 2.40. The van der Waals surface area contributed by atoms with E-state index in [0.29, 0.717) is 43.7 Å². The van der Waals surface area contributed by atoms with Crippen LogP contribution in [0.1, 0.15) is 11.3 Å². The van der Waals surface area contributed by atoms with Crippen LogP contribution < -0.4 is 0 Å². The van der Waals surface area contributed by atoms with E-state index >= 15 is 0 Å². The first-order valence-corrected chi connectivity index (χ1v) is 11.7. The number of alkyl halides is 3. The topological polar surface area (TPSA) is 64.8 Å². The maximum absolute atomic E-state index is 14.0. The van der Waals surface area contributed by atoms with Gasteiger partial charge in [-0.2, -0.15) is 27.9 Å². The standard InChI is InChI=1S/C26H16F5N3S.CO2/c1-15-22(17-4-2-6-20(27)12-17)14-34(33-15)25-32-23(16-8-10-19(11-9-16)26(29,30)31)24(35-25)18-5-3-7-21(28)13-18;2-1-3/h2-14H,1H3;. The lowest BCUT2D eigenvalue weighted by atomic mass is 10.0. The molecule has 5 rings (SSSR count). The normalized spacial score (nSPS) is 11.0. The van der Waals surface area contributed by atoms with Gasteiger partial charge in [0, 0.05) is 17.3 Å². The number of hydrogen-bond acceptors (Lipinski definition) is 5. The van der Waals surface area contributed by atoms with Crippen LogP contribution in [-0.4, -0.2) is 20.9 Å². The number of halogens is 5. The molecule has 0 N–H and O–H groups in total. The average Bonchev–Trinajstić information content (AvgIpc) is 3.48. The number of aromatic nitrogens is 3. The van der Waals surface area contributed by atoms with Gasteiger partial charge in [0.05, 0.1) is 21.8 Å². The highest BCUT2D eigenvalue weighted by molar-refractivity contribution is 7.18. The number of benzene rings is 3. The Labute approximate surface area is 216 Å². The molecule has 0 aliphatic heterocycles. The largest absolute Gasteiger partial charge is 0.416 e. The fourth-order valence-electron chi connectivity index (χ4n) is 3.74. The van der Waals surface area contributed by atoms with Crippen molar-refractivity contribution in [1.29, 1.82) is 0 Å². The molecule has 0 unspecified atom stereocenters. The molecule has 0 amide bonds. The zero-order valence-corrected chi connectivity index (χ0v) is 20.3. The average molecular weight is 542 g/mol. The Morgan fingerprint density at radius 2 is 1.42 bits per heavy atom. The molecule has 38 heavy (non-hydrogen) atoms. The predicted molar refractivity (Wildman–Crippen MR) is 130 cm³/mol. The van der Waals surface area contributed by atoms with Gasteiger partial charge in [0.1, 0.15) is 11.6 Å². The smallest absolute Gasteiger partial charge is 0.218 e. The number of aryl methyl sites for hydroxylation is 1. The summed E-state index contributed by atoms with van der Waals surface area (Å²) in [4.78, 5) is 21.5. The van der Waals surface area contributed by atoms with Crippen molar-refractivity contribution in [2.45, 2.75) is 13.1 Å². The van der Waals surface area contributed by atoms with Gasteiger partial charge < -0.3 is 0 Å². The van der Waals surface area contributed by atoms with Crippen LogP contribution >= 0.6 is 11.3 Å². The molecule has 192 valence electrons. The van der Waals surface area contributed by atoms with Gasteiger partial charge in [0.2, 0.25) is 5.13 Å². The van der Waals surface area contributed by atoms with Gasteiger partial charge in [-0.25, -0.2) is 18.4 Å². The van der Waals surface area contributed by atoms with E-state index in [2.05, 4.69) is 10.1 Å². The molecule has 0 bridgehead atoms. The second-order valence-corrected chi connectivity index (χ2v) is 8.90. The fraction of sp³-hybridized carbons (Fsp3) is 0.0741. The fourth-order valence-corrected chi connectivity index (χ4v) is 4.75. The molecule has 0 aliphatic rings. The number of hydrogen-bond donors (Lipinski definition) is 0.